The number of aromatic nitrogens is 1. The number of hydrogen-bond donors (Lipinski definition) is 1. The van der Waals surface area contributed by atoms with Crippen LogP contribution in [0.3, 0.4) is 0 Å². The zero-order valence-corrected chi connectivity index (χ0v) is 15.3. The molecular weight excluding hydrogens is 331 g/mol. The summed E-state index contributed by atoms with van der Waals surface area (Å²) in [5.41, 5.74) is 2.57. The summed E-state index contributed by atoms with van der Waals surface area (Å²) >= 11 is 0. The molecule has 1 amide bonds. The zero-order chi connectivity index (χ0) is 19.1. The number of nitrogens with one attached hydrogen (secondary N) is 1. The van der Waals surface area contributed by atoms with E-state index in [4.69, 9.17) is 0 Å². The molecule has 1 N–H and O–H groups in total. The van der Waals surface area contributed by atoms with Crippen LogP contribution in [0.15, 0.2) is 48.7 Å². The van der Waals surface area contributed by atoms with Gasteiger partial charge in [0.15, 0.2) is 0 Å². The molecule has 0 aliphatic rings. The van der Waals surface area contributed by atoms with Crippen LogP contribution >= 0.6 is 0 Å². The van der Waals surface area contributed by atoms with Gasteiger partial charge in [-0.05, 0) is 41.3 Å². The average molecular weight is 352 g/mol. The van der Waals surface area contributed by atoms with E-state index in [0.717, 1.165) is 0 Å². The second-order valence-corrected chi connectivity index (χ2v) is 7.37. The van der Waals surface area contributed by atoms with Gasteiger partial charge in [0, 0.05) is 24.2 Å². The first-order valence-corrected chi connectivity index (χ1v) is 8.40. The van der Waals surface area contributed by atoms with Gasteiger partial charge in [-0.3, -0.25) is 14.2 Å². The number of nitrogens with zero attached hydrogens (tertiary/aromatic N) is 1. The highest BCUT2D eigenvalue weighted by Crippen LogP contribution is 2.26. The average Bonchev–Trinajstić information content (AvgIpc) is 2.93. The second kappa shape index (κ2) is 6.41. The second-order valence-electron chi connectivity index (χ2n) is 7.37. The summed E-state index contributed by atoms with van der Waals surface area (Å²) in [7, 11) is 0. The number of anilines is 1. The highest BCUT2D eigenvalue weighted by atomic mass is 19.1. The molecule has 0 saturated heterocycles. The van der Waals surface area contributed by atoms with Crippen molar-refractivity contribution in [3.8, 4) is 0 Å². The summed E-state index contributed by atoms with van der Waals surface area (Å²) in [5.74, 6) is -1.08. The van der Waals surface area contributed by atoms with E-state index in [1.807, 2.05) is 24.3 Å². The van der Waals surface area contributed by atoms with Crippen molar-refractivity contribution in [3.05, 3.63) is 65.6 Å². The predicted molar refractivity (Wildman–Crippen MR) is 101 cm³/mol. The first-order chi connectivity index (χ1) is 12.2. The Morgan fingerprint density at radius 1 is 1.04 bits per heavy atom. The van der Waals surface area contributed by atoms with E-state index in [0.29, 0.717) is 22.2 Å². The predicted octanol–water partition coefficient (Wildman–Crippen LogP) is 4.99. The van der Waals surface area contributed by atoms with Gasteiger partial charge in [0.1, 0.15) is 5.82 Å². The molecule has 26 heavy (non-hydrogen) atoms. The minimum absolute atomic E-state index is 0.0293. The smallest absolute Gasteiger partial charge is 0.257 e. The standard InChI is InChI=1S/C21H21FN2O2/c1-13(25)24-12-18(17-10-7-15(22)11-19(17)24)20(26)23-16-8-5-14(6-9-16)21(2,3)4/h5-12H,1-4H3,(H,23,26). The molecule has 0 atom stereocenters. The monoisotopic (exact) mass is 352 g/mol. The lowest BCUT2D eigenvalue weighted by molar-refractivity contribution is 0.0941. The number of carbonyl (C=O) groups is 2. The maximum absolute atomic E-state index is 13.5. The summed E-state index contributed by atoms with van der Waals surface area (Å²) in [6, 6.07) is 11.7. The normalized spacial score (nSPS) is 11.6. The number of halogens is 1. The van der Waals surface area contributed by atoms with Crippen molar-refractivity contribution < 1.29 is 14.0 Å². The molecule has 3 rings (SSSR count). The summed E-state index contributed by atoms with van der Waals surface area (Å²) in [6.45, 7) is 7.74. The number of fused-ring (bicyclic) bond motifs is 1. The van der Waals surface area contributed by atoms with Gasteiger partial charge < -0.3 is 5.32 Å². The third kappa shape index (κ3) is 3.38. The molecule has 0 unspecified atom stereocenters. The lowest BCUT2D eigenvalue weighted by atomic mass is 9.87. The Balaban J connectivity index is 1.94. The largest absolute Gasteiger partial charge is 0.322 e. The van der Waals surface area contributed by atoms with Gasteiger partial charge in [-0.15, -0.1) is 0 Å². The fourth-order valence-corrected chi connectivity index (χ4v) is 2.89. The molecule has 1 aromatic heterocycles. The van der Waals surface area contributed by atoms with Crippen LogP contribution < -0.4 is 5.32 Å². The van der Waals surface area contributed by atoms with E-state index < -0.39 is 5.82 Å². The summed E-state index contributed by atoms with van der Waals surface area (Å²) in [5, 5.41) is 3.37. The Kier molecular flexibility index (Phi) is 4.40. The molecule has 3 aromatic rings. The van der Waals surface area contributed by atoms with Crippen LogP contribution in [0, 0.1) is 5.82 Å². The first-order valence-electron chi connectivity index (χ1n) is 8.40. The van der Waals surface area contributed by atoms with E-state index >= 15 is 0 Å². The third-order valence-electron chi connectivity index (χ3n) is 4.36. The Hall–Kier alpha value is -2.95. The van der Waals surface area contributed by atoms with Crippen LogP contribution in [-0.4, -0.2) is 16.4 Å². The van der Waals surface area contributed by atoms with Crippen molar-refractivity contribution in [2.45, 2.75) is 33.1 Å². The SMILES string of the molecule is CC(=O)n1cc(C(=O)Nc2ccc(C(C)(C)C)cc2)c2ccc(F)cc21. The molecule has 0 fully saturated rings. The molecule has 0 saturated carbocycles. The van der Waals surface area contributed by atoms with Crippen LogP contribution in [0.1, 0.15) is 48.4 Å². The molecular formula is C21H21FN2O2. The van der Waals surface area contributed by atoms with Crippen LogP contribution in [-0.2, 0) is 5.41 Å². The Morgan fingerprint density at radius 2 is 1.69 bits per heavy atom. The Morgan fingerprint density at radius 3 is 2.27 bits per heavy atom. The van der Waals surface area contributed by atoms with Gasteiger partial charge in [-0.25, -0.2) is 4.39 Å². The van der Waals surface area contributed by atoms with Gasteiger partial charge in [0.25, 0.3) is 5.91 Å². The maximum atomic E-state index is 13.5. The topological polar surface area (TPSA) is 51.1 Å². The molecule has 5 heteroatoms. The van der Waals surface area contributed by atoms with Gasteiger partial charge >= 0.3 is 0 Å². The van der Waals surface area contributed by atoms with Crippen molar-refractivity contribution in [3.63, 3.8) is 0 Å². The lowest BCUT2D eigenvalue weighted by Gasteiger charge is -2.19. The van der Waals surface area contributed by atoms with Crippen molar-refractivity contribution in [2.24, 2.45) is 0 Å². The summed E-state index contributed by atoms with van der Waals surface area (Å²) in [4.78, 5) is 24.5. The number of benzene rings is 2. The number of hydrogen-bond acceptors (Lipinski definition) is 2. The number of carbonyl (C=O) groups excluding carboxylic acids is 2. The van der Waals surface area contributed by atoms with Crippen LogP contribution in [0.25, 0.3) is 10.9 Å². The van der Waals surface area contributed by atoms with E-state index in [1.165, 1.54) is 41.5 Å². The molecule has 4 nitrogen and oxygen atoms in total. The number of rotatable bonds is 2. The van der Waals surface area contributed by atoms with Crippen molar-refractivity contribution in [2.75, 3.05) is 5.32 Å². The molecule has 0 aliphatic heterocycles. The molecule has 1 heterocycles. The maximum Gasteiger partial charge on any atom is 0.257 e. The lowest BCUT2D eigenvalue weighted by Crippen LogP contribution is -2.13. The van der Waals surface area contributed by atoms with Crippen LogP contribution in [0.2, 0.25) is 0 Å². The first kappa shape index (κ1) is 17.9. The third-order valence-corrected chi connectivity index (χ3v) is 4.36. The molecule has 0 aliphatic carbocycles. The van der Waals surface area contributed by atoms with E-state index in [1.54, 1.807) is 0 Å². The molecule has 0 radical (unpaired) electrons. The Bertz CT molecular complexity index is 995. The summed E-state index contributed by atoms with van der Waals surface area (Å²) in [6.07, 6.45) is 1.45. The van der Waals surface area contributed by atoms with Crippen molar-refractivity contribution in [1.82, 2.24) is 4.57 Å². The number of amides is 1. The Labute approximate surface area is 151 Å². The minimum Gasteiger partial charge on any atom is -0.322 e. The van der Waals surface area contributed by atoms with E-state index in [9.17, 15) is 14.0 Å². The summed E-state index contributed by atoms with van der Waals surface area (Å²) < 4.78 is 14.8. The molecule has 2 aromatic carbocycles. The molecule has 0 bridgehead atoms. The van der Waals surface area contributed by atoms with Gasteiger partial charge in [-0.1, -0.05) is 32.9 Å². The fraction of sp³-hybridized carbons (Fsp3) is 0.238. The highest BCUT2D eigenvalue weighted by molar-refractivity contribution is 6.14. The van der Waals surface area contributed by atoms with Gasteiger partial charge in [0.2, 0.25) is 5.91 Å². The van der Waals surface area contributed by atoms with E-state index in [-0.39, 0.29) is 17.2 Å². The quantitative estimate of drug-likeness (QED) is 0.706. The van der Waals surface area contributed by atoms with Crippen molar-refractivity contribution in [1.29, 1.82) is 0 Å². The van der Waals surface area contributed by atoms with Crippen molar-refractivity contribution >= 4 is 28.4 Å². The zero-order valence-electron chi connectivity index (χ0n) is 15.3. The van der Waals surface area contributed by atoms with E-state index in [2.05, 4.69) is 26.1 Å². The highest BCUT2D eigenvalue weighted by Gasteiger charge is 2.18. The van der Waals surface area contributed by atoms with Crippen LogP contribution in [0.4, 0.5) is 10.1 Å². The molecule has 134 valence electrons. The van der Waals surface area contributed by atoms with Gasteiger partial charge in [-0.2, -0.15) is 0 Å². The van der Waals surface area contributed by atoms with Crippen LogP contribution in [0.5, 0.6) is 0 Å². The minimum atomic E-state index is -0.456. The molecule has 0 spiro atoms. The fourth-order valence-electron chi connectivity index (χ4n) is 2.89. The van der Waals surface area contributed by atoms with Gasteiger partial charge in [0.05, 0.1) is 11.1 Å².